The molecule has 1 aliphatic rings. The Bertz CT molecular complexity index is 563. The first-order valence-electron chi connectivity index (χ1n) is 6.55. The largest absolute Gasteiger partial charge is 0.382 e. The lowest BCUT2D eigenvalue weighted by Crippen LogP contribution is -2.25. The predicted molar refractivity (Wildman–Crippen MR) is 77.7 cm³/mol. The molecule has 5 heteroatoms. The van der Waals surface area contributed by atoms with E-state index in [9.17, 15) is 8.42 Å². The molecule has 1 unspecified atom stereocenters. The van der Waals surface area contributed by atoms with Crippen molar-refractivity contribution in [3.05, 3.63) is 24.3 Å². The van der Waals surface area contributed by atoms with Gasteiger partial charge in [0.2, 0.25) is 10.0 Å². The maximum Gasteiger partial charge on any atom is 0.242 e. The highest BCUT2D eigenvalue weighted by Crippen LogP contribution is 2.48. The maximum absolute atomic E-state index is 12.1. The molecule has 1 aromatic carbocycles. The van der Waals surface area contributed by atoms with Crippen molar-refractivity contribution in [2.45, 2.75) is 37.6 Å². The Kier molecular flexibility index (Phi) is 3.62. The highest BCUT2D eigenvalue weighted by molar-refractivity contribution is 7.89. The molecule has 19 heavy (non-hydrogen) atoms. The molecular formula is C14H22N2O2S. The third kappa shape index (κ3) is 2.92. The average molecular weight is 282 g/mol. The van der Waals surface area contributed by atoms with Gasteiger partial charge in [0.25, 0.3) is 0 Å². The number of hydrogen-bond acceptors (Lipinski definition) is 3. The van der Waals surface area contributed by atoms with Gasteiger partial charge in [-0.05, 0) is 43.4 Å². The van der Waals surface area contributed by atoms with Gasteiger partial charge in [-0.15, -0.1) is 0 Å². The quantitative estimate of drug-likeness (QED) is 0.903. The summed E-state index contributed by atoms with van der Waals surface area (Å²) in [6.07, 6.45) is 2.47. The van der Waals surface area contributed by atoms with Crippen LogP contribution in [0.5, 0.6) is 0 Å². The summed E-state index contributed by atoms with van der Waals surface area (Å²) in [5, 5.41) is 3.41. The van der Waals surface area contributed by atoms with Gasteiger partial charge in [0.15, 0.2) is 0 Å². The van der Waals surface area contributed by atoms with Gasteiger partial charge in [-0.3, -0.25) is 0 Å². The molecule has 0 saturated heterocycles. The van der Waals surface area contributed by atoms with Gasteiger partial charge < -0.3 is 5.32 Å². The molecule has 1 atom stereocenters. The van der Waals surface area contributed by atoms with Crippen molar-refractivity contribution in [1.82, 2.24) is 4.31 Å². The zero-order valence-corrected chi connectivity index (χ0v) is 12.8. The normalized spacial score (nSPS) is 19.2. The van der Waals surface area contributed by atoms with Crippen LogP contribution in [0.1, 0.15) is 26.7 Å². The molecule has 106 valence electrons. The minimum Gasteiger partial charge on any atom is -0.382 e. The van der Waals surface area contributed by atoms with E-state index in [1.165, 1.54) is 17.1 Å². The van der Waals surface area contributed by atoms with Crippen LogP contribution in [0.3, 0.4) is 0 Å². The Morgan fingerprint density at radius 1 is 1.32 bits per heavy atom. The zero-order chi connectivity index (χ0) is 14.3. The van der Waals surface area contributed by atoms with Crippen LogP contribution in [0.25, 0.3) is 0 Å². The summed E-state index contributed by atoms with van der Waals surface area (Å²) in [7, 11) is -0.272. The predicted octanol–water partition coefficient (Wildman–Crippen LogP) is 2.54. The van der Waals surface area contributed by atoms with E-state index in [0.717, 1.165) is 5.69 Å². The summed E-state index contributed by atoms with van der Waals surface area (Å²) in [4.78, 5) is 0.329. The molecule has 0 amide bonds. The van der Waals surface area contributed by atoms with E-state index in [4.69, 9.17) is 0 Å². The maximum atomic E-state index is 12.1. The van der Waals surface area contributed by atoms with E-state index in [2.05, 4.69) is 19.2 Å². The third-order valence-corrected chi connectivity index (χ3v) is 5.89. The second-order valence-corrected chi connectivity index (χ2v) is 7.99. The summed E-state index contributed by atoms with van der Waals surface area (Å²) in [6.45, 7) is 4.41. The first-order valence-corrected chi connectivity index (χ1v) is 7.99. The number of benzene rings is 1. The van der Waals surface area contributed by atoms with Gasteiger partial charge in [0.1, 0.15) is 0 Å². The molecule has 1 saturated carbocycles. The highest BCUT2D eigenvalue weighted by atomic mass is 32.2. The lowest BCUT2D eigenvalue weighted by Gasteiger charge is -2.22. The third-order valence-electron chi connectivity index (χ3n) is 4.08. The minimum atomic E-state index is -3.36. The van der Waals surface area contributed by atoms with Crippen molar-refractivity contribution in [1.29, 1.82) is 0 Å². The summed E-state index contributed by atoms with van der Waals surface area (Å²) < 4.78 is 25.4. The molecule has 0 spiro atoms. The van der Waals surface area contributed by atoms with E-state index in [-0.39, 0.29) is 0 Å². The summed E-state index contributed by atoms with van der Waals surface area (Å²) in [5.74, 6) is 0. The number of nitrogens with zero attached hydrogens (tertiary/aromatic N) is 1. The minimum absolute atomic E-state index is 0.329. The number of rotatable bonds is 5. The van der Waals surface area contributed by atoms with Crippen LogP contribution in [0, 0.1) is 5.41 Å². The van der Waals surface area contributed by atoms with Gasteiger partial charge >= 0.3 is 0 Å². The van der Waals surface area contributed by atoms with Crippen molar-refractivity contribution in [2.75, 3.05) is 19.4 Å². The van der Waals surface area contributed by atoms with E-state index in [1.54, 1.807) is 32.3 Å². The molecule has 4 nitrogen and oxygen atoms in total. The van der Waals surface area contributed by atoms with Crippen LogP contribution in [0.2, 0.25) is 0 Å². The Morgan fingerprint density at radius 3 is 2.47 bits per heavy atom. The van der Waals surface area contributed by atoms with Crippen molar-refractivity contribution in [2.24, 2.45) is 5.41 Å². The van der Waals surface area contributed by atoms with Crippen molar-refractivity contribution >= 4 is 15.7 Å². The van der Waals surface area contributed by atoms with E-state index in [0.29, 0.717) is 16.4 Å². The summed E-state index contributed by atoms with van der Waals surface area (Å²) >= 11 is 0. The molecule has 1 N–H and O–H groups in total. The van der Waals surface area contributed by atoms with Crippen molar-refractivity contribution < 1.29 is 8.42 Å². The van der Waals surface area contributed by atoms with E-state index >= 15 is 0 Å². The van der Waals surface area contributed by atoms with E-state index < -0.39 is 10.0 Å². The van der Waals surface area contributed by atoms with Crippen LogP contribution in [0.15, 0.2) is 29.2 Å². The lowest BCUT2D eigenvalue weighted by atomic mass is 10.0. The topological polar surface area (TPSA) is 49.4 Å². The van der Waals surface area contributed by atoms with Crippen molar-refractivity contribution in [3.8, 4) is 0 Å². The molecular weight excluding hydrogens is 260 g/mol. The molecule has 0 radical (unpaired) electrons. The molecule has 0 heterocycles. The second kappa shape index (κ2) is 4.80. The van der Waals surface area contributed by atoms with Gasteiger partial charge in [-0.2, -0.15) is 0 Å². The Morgan fingerprint density at radius 2 is 1.95 bits per heavy atom. The summed E-state index contributed by atoms with van der Waals surface area (Å²) in [6, 6.07) is 7.38. The lowest BCUT2D eigenvalue weighted by molar-refractivity contribution is 0.493. The summed E-state index contributed by atoms with van der Waals surface area (Å²) in [5.41, 5.74) is 1.22. The zero-order valence-electron chi connectivity index (χ0n) is 12.0. The van der Waals surface area contributed by atoms with Crippen LogP contribution < -0.4 is 5.32 Å². The SMILES string of the molecule is CC(Nc1cccc(S(=O)(=O)N(C)C)c1)C1(C)CC1. The highest BCUT2D eigenvalue weighted by Gasteiger charge is 2.42. The first kappa shape index (κ1) is 14.3. The smallest absolute Gasteiger partial charge is 0.242 e. The number of sulfonamides is 1. The molecule has 1 fully saturated rings. The fourth-order valence-electron chi connectivity index (χ4n) is 2.01. The van der Waals surface area contributed by atoms with Gasteiger partial charge in [-0.25, -0.2) is 12.7 Å². The van der Waals surface area contributed by atoms with Crippen LogP contribution in [-0.2, 0) is 10.0 Å². The monoisotopic (exact) mass is 282 g/mol. The molecule has 2 rings (SSSR count). The average Bonchev–Trinajstić information content (AvgIpc) is 3.09. The van der Waals surface area contributed by atoms with Crippen molar-refractivity contribution in [3.63, 3.8) is 0 Å². The molecule has 1 aliphatic carbocycles. The number of nitrogens with one attached hydrogen (secondary N) is 1. The Hall–Kier alpha value is -1.07. The first-order chi connectivity index (χ1) is 8.75. The van der Waals surface area contributed by atoms with Gasteiger partial charge in [-0.1, -0.05) is 13.0 Å². The second-order valence-electron chi connectivity index (χ2n) is 5.84. The van der Waals surface area contributed by atoms with Crippen LogP contribution in [0.4, 0.5) is 5.69 Å². The molecule has 0 aromatic heterocycles. The number of anilines is 1. The molecule has 0 aliphatic heterocycles. The van der Waals surface area contributed by atoms with Gasteiger partial charge in [0, 0.05) is 25.8 Å². The Labute approximate surface area is 115 Å². The van der Waals surface area contributed by atoms with Crippen LogP contribution in [-0.4, -0.2) is 32.9 Å². The number of hydrogen-bond donors (Lipinski definition) is 1. The van der Waals surface area contributed by atoms with E-state index in [1.807, 2.05) is 6.07 Å². The molecule has 0 bridgehead atoms. The van der Waals surface area contributed by atoms with Crippen LogP contribution >= 0.6 is 0 Å². The Balaban J connectivity index is 2.20. The molecule has 1 aromatic rings. The fourth-order valence-corrected chi connectivity index (χ4v) is 2.96. The fraction of sp³-hybridized carbons (Fsp3) is 0.571. The standard InChI is InChI=1S/C14H22N2O2S/c1-11(14(2)8-9-14)15-12-6-5-7-13(10-12)19(17,18)16(3)4/h5-7,10-11,15H,8-9H2,1-4H3. The van der Waals surface area contributed by atoms with Gasteiger partial charge in [0.05, 0.1) is 4.90 Å².